The van der Waals surface area contributed by atoms with Gasteiger partial charge in [0.1, 0.15) is 16.5 Å². The minimum Gasteiger partial charge on any atom is -0.492 e. The fourth-order valence-corrected chi connectivity index (χ4v) is 3.74. The van der Waals surface area contributed by atoms with Crippen LogP contribution in [-0.2, 0) is 16.6 Å². The predicted octanol–water partition coefficient (Wildman–Crippen LogP) is 3.77. The molecule has 0 atom stereocenters. The molecule has 0 amide bonds. The van der Waals surface area contributed by atoms with Gasteiger partial charge in [0.25, 0.3) is 0 Å². The molecule has 0 aliphatic carbocycles. The summed E-state index contributed by atoms with van der Waals surface area (Å²) in [4.78, 5) is 0.0626. The summed E-state index contributed by atoms with van der Waals surface area (Å²) in [6.07, 6.45) is 0. The highest BCUT2D eigenvalue weighted by Gasteiger charge is 2.20. The maximum absolute atomic E-state index is 13.3. The third-order valence-corrected chi connectivity index (χ3v) is 5.10. The molecule has 4 nitrogen and oxygen atoms in total. The van der Waals surface area contributed by atoms with Crippen molar-refractivity contribution in [3.8, 4) is 5.75 Å². The number of nitrogens with one attached hydrogen (secondary N) is 1. The number of sulfonamides is 1. The number of rotatable bonds is 6. The third-order valence-electron chi connectivity index (χ3n) is 3.18. The van der Waals surface area contributed by atoms with E-state index < -0.39 is 10.0 Å². The molecule has 0 aliphatic heterocycles. The van der Waals surface area contributed by atoms with Gasteiger partial charge in [0.15, 0.2) is 0 Å². The number of hydrogen-bond donors (Lipinski definition) is 1. The van der Waals surface area contributed by atoms with Crippen LogP contribution in [0.4, 0.5) is 4.39 Å². The van der Waals surface area contributed by atoms with Crippen LogP contribution in [0.3, 0.4) is 0 Å². The maximum Gasteiger partial charge on any atom is 0.244 e. The summed E-state index contributed by atoms with van der Waals surface area (Å²) < 4.78 is 46.8. The van der Waals surface area contributed by atoms with E-state index >= 15 is 0 Å². The number of ether oxygens (including phenoxy) is 1. The van der Waals surface area contributed by atoms with Crippen LogP contribution in [-0.4, -0.2) is 15.0 Å². The first-order valence-corrected chi connectivity index (χ1v) is 9.28. The number of hydrogen-bond acceptors (Lipinski definition) is 3. The lowest BCUT2D eigenvalue weighted by atomic mass is 10.1. The summed E-state index contributed by atoms with van der Waals surface area (Å²) >= 11 is 3.26. The highest BCUT2D eigenvalue weighted by atomic mass is 79.9. The highest BCUT2D eigenvalue weighted by Crippen LogP contribution is 2.27. The van der Waals surface area contributed by atoms with Gasteiger partial charge in [0.2, 0.25) is 10.0 Å². The smallest absolute Gasteiger partial charge is 0.244 e. The molecule has 2 aromatic rings. The Balaban J connectivity index is 2.24. The van der Waals surface area contributed by atoms with Crippen LogP contribution in [0, 0.1) is 12.7 Å². The molecule has 0 saturated heterocycles. The predicted molar refractivity (Wildman–Crippen MR) is 90.5 cm³/mol. The molecule has 7 heteroatoms. The van der Waals surface area contributed by atoms with E-state index in [9.17, 15) is 12.8 Å². The van der Waals surface area contributed by atoms with Gasteiger partial charge in [-0.25, -0.2) is 17.5 Å². The molecular formula is C16H17BrFNO3S. The second kappa shape index (κ2) is 7.42. The van der Waals surface area contributed by atoms with Crippen molar-refractivity contribution in [1.29, 1.82) is 0 Å². The van der Waals surface area contributed by atoms with Crippen LogP contribution in [0.15, 0.2) is 45.8 Å². The topological polar surface area (TPSA) is 55.4 Å². The normalized spacial score (nSPS) is 11.5. The molecule has 124 valence electrons. The first kappa shape index (κ1) is 17.9. The number of halogens is 2. The zero-order valence-electron chi connectivity index (χ0n) is 12.8. The van der Waals surface area contributed by atoms with E-state index in [0.29, 0.717) is 28.0 Å². The fourth-order valence-electron chi connectivity index (χ4n) is 2.04. The second-order valence-electron chi connectivity index (χ2n) is 4.93. The first-order chi connectivity index (χ1) is 10.8. The first-order valence-electron chi connectivity index (χ1n) is 7.00. The summed E-state index contributed by atoms with van der Waals surface area (Å²) in [7, 11) is -3.76. The van der Waals surface area contributed by atoms with Crippen molar-refractivity contribution in [1.82, 2.24) is 4.72 Å². The van der Waals surface area contributed by atoms with Crippen molar-refractivity contribution in [3.63, 3.8) is 0 Å². The van der Waals surface area contributed by atoms with Gasteiger partial charge in [-0.3, -0.25) is 0 Å². The molecule has 0 aromatic heterocycles. The van der Waals surface area contributed by atoms with Gasteiger partial charge in [0.05, 0.1) is 6.61 Å². The second-order valence-corrected chi connectivity index (χ2v) is 7.58. The SMILES string of the molecule is CCOc1ccc(Br)cc1S(=O)(=O)NCc1ccc(F)c(C)c1. The molecule has 0 radical (unpaired) electrons. The van der Waals surface area contributed by atoms with Crippen LogP contribution < -0.4 is 9.46 Å². The van der Waals surface area contributed by atoms with E-state index in [1.165, 1.54) is 12.1 Å². The standard InChI is InChI=1S/C16H17BrFNO3S/c1-3-22-15-7-5-13(17)9-16(15)23(20,21)19-10-12-4-6-14(18)11(2)8-12/h4-9,19H,3,10H2,1-2H3. The molecule has 0 fully saturated rings. The average Bonchev–Trinajstić information content (AvgIpc) is 2.50. The molecule has 2 rings (SSSR count). The lowest BCUT2D eigenvalue weighted by Crippen LogP contribution is -2.24. The van der Waals surface area contributed by atoms with E-state index in [4.69, 9.17) is 4.74 Å². The van der Waals surface area contributed by atoms with Crippen LogP contribution in [0.25, 0.3) is 0 Å². The monoisotopic (exact) mass is 401 g/mol. The van der Waals surface area contributed by atoms with E-state index in [1.54, 1.807) is 38.1 Å². The van der Waals surface area contributed by atoms with Crippen LogP contribution in [0.1, 0.15) is 18.1 Å². The molecule has 0 unspecified atom stereocenters. The zero-order chi connectivity index (χ0) is 17.0. The van der Waals surface area contributed by atoms with Crippen LogP contribution in [0.5, 0.6) is 5.75 Å². The Morgan fingerprint density at radius 3 is 2.61 bits per heavy atom. The Hall–Kier alpha value is -1.44. The van der Waals surface area contributed by atoms with Gasteiger partial charge in [-0.1, -0.05) is 28.1 Å². The number of benzene rings is 2. The molecule has 2 aromatic carbocycles. The Labute approximate surface area is 143 Å². The van der Waals surface area contributed by atoms with Crippen molar-refractivity contribution >= 4 is 26.0 Å². The Kier molecular flexibility index (Phi) is 5.78. The van der Waals surface area contributed by atoms with Gasteiger partial charge in [-0.15, -0.1) is 0 Å². The maximum atomic E-state index is 13.3. The molecule has 1 N–H and O–H groups in total. The van der Waals surface area contributed by atoms with Gasteiger partial charge < -0.3 is 4.74 Å². The molecule has 0 bridgehead atoms. The Bertz CT molecular complexity index is 809. The average molecular weight is 402 g/mol. The van der Waals surface area contributed by atoms with Crippen molar-refractivity contribution in [2.75, 3.05) is 6.61 Å². The van der Waals surface area contributed by atoms with Crippen LogP contribution in [0.2, 0.25) is 0 Å². The van der Waals surface area contributed by atoms with E-state index in [-0.39, 0.29) is 17.3 Å². The molecule has 23 heavy (non-hydrogen) atoms. The lowest BCUT2D eigenvalue weighted by Gasteiger charge is -2.12. The summed E-state index contributed by atoms with van der Waals surface area (Å²) in [6.45, 7) is 3.85. The van der Waals surface area contributed by atoms with Gasteiger partial charge in [0, 0.05) is 11.0 Å². The third kappa shape index (κ3) is 4.53. The summed E-state index contributed by atoms with van der Waals surface area (Å²) in [6, 6.07) is 9.29. The summed E-state index contributed by atoms with van der Waals surface area (Å²) in [5.74, 6) is -0.0271. The van der Waals surface area contributed by atoms with E-state index in [2.05, 4.69) is 20.7 Å². The van der Waals surface area contributed by atoms with E-state index in [1.807, 2.05) is 0 Å². The number of aryl methyl sites for hydroxylation is 1. The Morgan fingerprint density at radius 1 is 1.22 bits per heavy atom. The van der Waals surface area contributed by atoms with Crippen LogP contribution >= 0.6 is 15.9 Å². The fraction of sp³-hybridized carbons (Fsp3) is 0.250. The zero-order valence-corrected chi connectivity index (χ0v) is 15.2. The van der Waals surface area contributed by atoms with Gasteiger partial charge in [-0.05, 0) is 49.2 Å². The molecule has 0 heterocycles. The lowest BCUT2D eigenvalue weighted by molar-refractivity contribution is 0.331. The van der Waals surface area contributed by atoms with Gasteiger partial charge >= 0.3 is 0 Å². The van der Waals surface area contributed by atoms with Crippen molar-refractivity contribution < 1.29 is 17.5 Å². The van der Waals surface area contributed by atoms with Crippen molar-refractivity contribution in [2.45, 2.75) is 25.3 Å². The summed E-state index contributed by atoms with van der Waals surface area (Å²) in [5.41, 5.74) is 1.15. The highest BCUT2D eigenvalue weighted by molar-refractivity contribution is 9.10. The quantitative estimate of drug-likeness (QED) is 0.801. The molecule has 0 saturated carbocycles. The van der Waals surface area contributed by atoms with Crippen molar-refractivity contribution in [2.24, 2.45) is 0 Å². The molecule has 0 spiro atoms. The minimum atomic E-state index is -3.76. The molecule has 0 aliphatic rings. The van der Waals surface area contributed by atoms with E-state index in [0.717, 1.165) is 0 Å². The van der Waals surface area contributed by atoms with Gasteiger partial charge in [-0.2, -0.15) is 0 Å². The summed E-state index contributed by atoms with van der Waals surface area (Å²) in [5, 5.41) is 0. The molecular weight excluding hydrogens is 385 g/mol. The Morgan fingerprint density at radius 2 is 1.96 bits per heavy atom. The largest absolute Gasteiger partial charge is 0.492 e. The minimum absolute atomic E-state index is 0.0626. The van der Waals surface area contributed by atoms with Crippen molar-refractivity contribution in [3.05, 3.63) is 57.8 Å².